The molecule has 1 nitrogen and oxygen atoms in total. The van der Waals surface area contributed by atoms with Crippen LogP contribution in [0.2, 0.25) is 0 Å². The van der Waals surface area contributed by atoms with E-state index in [9.17, 15) is 5.11 Å². The van der Waals surface area contributed by atoms with E-state index in [0.29, 0.717) is 0 Å². The third kappa shape index (κ3) is 7.12. The summed E-state index contributed by atoms with van der Waals surface area (Å²) in [5, 5.41) is 11.1. The highest BCUT2D eigenvalue weighted by atomic mass is 79.9. The molecule has 2 rings (SSSR count). The van der Waals surface area contributed by atoms with E-state index in [4.69, 9.17) is 0 Å². The van der Waals surface area contributed by atoms with E-state index < -0.39 is 6.10 Å². The third-order valence-corrected chi connectivity index (χ3v) is 5.52. The van der Waals surface area contributed by atoms with Gasteiger partial charge in [0, 0.05) is 9.89 Å². The van der Waals surface area contributed by atoms with Crippen molar-refractivity contribution in [2.45, 2.75) is 52.6 Å². The predicted molar refractivity (Wildman–Crippen MR) is 120 cm³/mol. The van der Waals surface area contributed by atoms with Crippen LogP contribution in [0, 0.1) is 5.41 Å². The van der Waals surface area contributed by atoms with Crippen molar-refractivity contribution in [1.29, 1.82) is 0 Å². The van der Waals surface area contributed by atoms with Crippen LogP contribution < -0.4 is 0 Å². The highest BCUT2D eigenvalue weighted by Crippen LogP contribution is 2.40. The number of halogens is 1. The molecule has 2 atom stereocenters. The van der Waals surface area contributed by atoms with Gasteiger partial charge in [0.25, 0.3) is 0 Å². The summed E-state index contributed by atoms with van der Waals surface area (Å²) >= 11 is 3.47. The van der Waals surface area contributed by atoms with Gasteiger partial charge < -0.3 is 5.11 Å². The number of rotatable bonds is 9. The molecule has 0 aliphatic heterocycles. The Kier molecular flexibility index (Phi) is 8.53. The van der Waals surface area contributed by atoms with E-state index in [1.54, 1.807) is 0 Å². The molecule has 0 aliphatic rings. The minimum Gasteiger partial charge on any atom is -0.388 e. The van der Waals surface area contributed by atoms with Crippen molar-refractivity contribution >= 4 is 15.9 Å². The van der Waals surface area contributed by atoms with Gasteiger partial charge in [0.1, 0.15) is 0 Å². The molecule has 0 aromatic heterocycles. The summed E-state index contributed by atoms with van der Waals surface area (Å²) in [7, 11) is 0. The molecule has 0 heterocycles. The van der Waals surface area contributed by atoms with Crippen LogP contribution in [0.3, 0.4) is 0 Å². The lowest BCUT2D eigenvalue weighted by atomic mass is 9.76. The number of aliphatic hydroxyl groups is 1. The van der Waals surface area contributed by atoms with E-state index in [1.807, 2.05) is 30.3 Å². The van der Waals surface area contributed by atoms with Gasteiger partial charge in [-0.25, -0.2) is 0 Å². The number of hydrogen-bond donors (Lipinski definition) is 1. The maximum atomic E-state index is 11.1. The van der Waals surface area contributed by atoms with Crippen molar-refractivity contribution in [1.82, 2.24) is 0 Å². The Morgan fingerprint density at radius 1 is 1.04 bits per heavy atom. The van der Waals surface area contributed by atoms with E-state index in [2.05, 4.69) is 79.2 Å². The topological polar surface area (TPSA) is 20.2 Å². The van der Waals surface area contributed by atoms with Crippen LogP contribution in [0.1, 0.15) is 57.3 Å². The first-order valence-corrected chi connectivity index (χ1v) is 10.5. The zero-order valence-electron chi connectivity index (χ0n) is 16.7. The predicted octanol–water partition coefficient (Wildman–Crippen LogP) is 7.42. The van der Waals surface area contributed by atoms with Crippen molar-refractivity contribution < 1.29 is 5.11 Å². The molecule has 0 spiro atoms. The van der Waals surface area contributed by atoms with Crippen LogP contribution in [0.4, 0.5) is 0 Å². The zero-order chi connectivity index (χ0) is 19.7. The SMILES string of the molecule is CC(C)=CCCC(C)(/C=C/CCc1ccccc1)C(O)c1ccc(Br)cc1. The van der Waals surface area contributed by atoms with Gasteiger partial charge in [0.05, 0.1) is 6.10 Å². The van der Waals surface area contributed by atoms with Crippen molar-refractivity contribution in [3.05, 3.63) is 94.0 Å². The smallest absolute Gasteiger partial charge is 0.0878 e. The summed E-state index contributed by atoms with van der Waals surface area (Å²) in [4.78, 5) is 0. The molecule has 0 amide bonds. The summed E-state index contributed by atoms with van der Waals surface area (Å²) in [5.41, 5.74) is 3.34. The highest BCUT2D eigenvalue weighted by Gasteiger charge is 2.30. The fourth-order valence-electron chi connectivity index (χ4n) is 3.26. The normalized spacial score (nSPS) is 14.7. The first-order chi connectivity index (χ1) is 12.9. The molecule has 2 heteroatoms. The first-order valence-electron chi connectivity index (χ1n) is 9.69. The lowest BCUT2D eigenvalue weighted by Crippen LogP contribution is -2.23. The van der Waals surface area contributed by atoms with Gasteiger partial charge in [-0.1, -0.05) is 89.1 Å². The maximum absolute atomic E-state index is 11.1. The molecule has 0 fully saturated rings. The van der Waals surface area contributed by atoms with Crippen molar-refractivity contribution in [2.24, 2.45) is 5.41 Å². The molecule has 2 aromatic rings. The molecule has 27 heavy (non-hydrogen) atoms. The van der Waals surface area contributed by atoms with Crippen LogP contribution in [0.5, 0.6) is 0 Å². The van der Waals surface area contributed by atoms with Gasteiger partial charge in [-0.05, 0) is 62.8 Å². The molecule has 0 saturated heterocycles. The Morgan fingerprint density at radius 2 is 1.70 bits per heavy atom. The summed E-state index contributed by atoms with van der Waals surface area (Å²) in [5.74, 6) is 0. The van der Waals surface area contributed by atoms with Gasteiger partial charge in [0.15, 0.2) is 0 Å². The minimum absolute atomic E-state index is 0.295. The number of hydrogen-bond acceptors (Lipinski definition) is 1. The maximum Gasteiger partial charge on any atom is 0.0878 e. The van der Waals surface area contributed by atoms with Gasteiger partial charge in [-0.2, -0.15) is 0 Å². The standard InChI is InChI=1S/C25H31BrO/c1-20(2)10-9-19-25(3,24(27)22-14-16-23(26)17-15-22)18-8-7-13-21-11-5-4-6-12-21/h4-6,8,10-12,14-18,24,27H,7,9,13,19H2,1-3H3/b18-8+. The fourth-order valence-corrected chi connectivity index (χ4v) is 3.52. The first kappa shape index (κ1) is 21.7. The third-order valence-electron chi connectivity index (χ3n) is 4.99. The van der Waals surface area contributed by atoms with E-state index >= 15 is 0 Å². The largest absolute Gasteiger partial charge is 0.388 e. The number of benzene rings is 2. The summed E-state index contributed by atoms with van der Waals surface area (Å²) in [6.07, 6.45) is 10.1. The van der Waals surface area contributed by atoms with Crippen molar-refractivity contribution in [3.63, 3.8) is 0 Å². The molecule has 0 bridgehead atoms. The molecule has 0 aliphatic carbocycles. The second-order valence-electron chi connectivity index (χ2n) is 7.71. The molecule has 2 unspecified atom stereocenters. The fraction of sp³-hybridized carbons (Fsp3) is 0.360. The van der Waals surface area contributed by atoms with Gasteiger partial charge in [0.2, 0.25) is 0 Å². The van der Waals surface area contributed by atoms with Gasteiger partial charge in [-0.3, -0.25) is 0 Å². The van der Waals surface area contributed by atoms with E-state index in [1.165, 1.54) is 11.1 Å². The molecule has 144 valence electrons. The molecule has 2 aromatic carbocycles. The van der Waals surface area contributed by atoms with Crippen molar-refractivity contribution in [3.8, 4) is 0 Å². The lowest BCUT2D eigenvalue weighted by molar-refractivity contribution is 0.0641. The van der Waals surface area contributed by atoms with Crippen LogP contribution in [0.25, 0.3) is 0 Å². The van der Waals surface area contributed by atoms with Gasteiger partial charge in [-0.15, -0.1) is 0 Å². The molecule has 1 N–H and O–H groups in total. The van der Waals surface area contributed by atoms with E-state index in [0.717, 1.165) is 35.7 Å². The molecule has 0 saturated carbocycles. The van der Waals surface area contributed by atoms with Crippen LogP contribution >= 0.6 is 15.9 Å². The van der Waals surface area contributed by atoms with Crippen molar-refractivity contribution in [2.75, 3.05) is 0 Å². The van der Waals surface area contributed by atoms with E-state index in [-0.39, 0.29) is 5.41 Å². The summed E-state index contributed by atoms with van der Waals surface area (Å²) in [6, 6.07) is 18.5. The Labute approximate surface area is 173 Å². The zero-order valence-corrected chi connectivity index (χ0v) is 18.2. The van der Waals surface area contributed by atoms with Crippen LogP contribution in [0.15, 0.2) is 82.9 Å². The Hall–Kier alpha value is -1.64. The average Bonchev–Trinajstić information content (AvgIpc) is 2.66. The summed E-state index contributed by atoms with van der Waals surface area (Å²) < 4.78 is 1.03. The Morgan fingerprint density at radius 3 is 2.33 bits per heavy atom. The molecular weight excluding hydrogens is 396 g/mol. The second kappa shape index (κ2) is 10.6. The Balaban J connectivity index is 2.11. The average molecular weight is 427 g/mol. The molecular formula is C25H31BrO. The highest BCUT2D eigenvalue weighted by molar-refractivity contribution is 9.10. The quantitative estimate of drug-likeness (QED) is 0.413. The lowest BCUT2D eigenvalue weighted by Gasteiger charge is -2.32. The number of aliphatic hydroxyl groups excluding tert-OH is 1. The molecule has 0 radical (unpaired) electrons. The number of allylic oxidation sites excluding steroid dienone is 3. The second-order valence-corrected chi connectivity index (χ2v) is 8.62. The Bertz CT molecular complexity index is 742. The monoisotopic (exact) mass is 426 g/mol. The van der Waals surface area contributed by atoms with Crippen LogP contribution in [-0.2, 0) is 6.42 Å². The summed E-state index contributed by atoms with van der Waals surface area (Å²) in [6.45, 7) is 6.41. The van der Waals surface area contributed by atoms with Crippen LogP contribution in [-0.4, -0.2) is 5.11 Å². The number of aryl methyl sites for hydroxylation is 1. The minimum atomic E-state index is -0.524. The van der Waals surface area contributed by atoms with Gasteiger partial charge >= 0.3 is 0 Å².